The maximum absolute atomic E-state index is 8.59. The van der Waals surface area contributed by atoms with Crippen molar-refractivity contribution in [3.63, 3.8) is 0 Å². The first-order chi connectivity index (χ1) is 5.31. The fraction of sp³-hybridized carbons (Fsp3) is 0.667. The Morgan fingerprint density at radius 3 is 2.73 bits per heavy atom. The van der Waals surface area contributed by atoms with Crippen LogP contribution in [0.5, 0.6) is 0 Å². The van der Waals surface area contributed by atoms with Crippen molar-refractivity contribution in [3.05, 3.63) is 12.2 Å². The SMILES string of the molecule is C/C(=N\O)[C@@H]1C[C@@H]2C=C[C@@H]1C2. The molecular formula is C9H13NO. The predicted octanol–water partition coefficient (Wildman–Crippen LogP) is 2.05. The van der Waals surface area contributed by atoms with Gasteiger partial charge in [-0.1, -0.05) is 17.3 Å². The zero-order valence-electron chi connectivity index (χ0n) is 6.70. The Bertz CT molecular complexity index is 220. The second-order valence-electron chi connectivity index (χ2n) is 3.63. The molecule has 0 aromatic rings. The van der Waals surface area contributed by atoms with Gasteiger partial charge in [-0.05, 0) is 31.6 Å². The standard InChI is InChI=1S/C9H13NO/c1-6(10-11)9-5-7-2-3-8(9)4-7/h2-3,7-9,11H,4-5H2,1H3/b10-6+/t7-,8-,9+/m1/s1. The van der Waals surface area contributed by atoms with Gasteiger partial charge in [0.05, 0.1) is 5.71 Å². The van der Waals surface area contributed by atoms with Crippen molar-refractivity contribution >= 4 is 5.71 Å². The molecule has 0 saturated heterocycles. The van der Waals surface area contributed by atoms with E-state index in [1.807, 2.05) is 6.92 Å². The van der Waals surface area contributed by atoms with Gasteiger partial charge in [-0.15, -0.1) is 0 Å². The van der Waals surface area contributed by atoms with Crippen LogP contribution < -0.4 is 0 Å². The Morgan fingerprint density at radius 2 is 2.27 bits per heavy atom. The van der Waals surface area contributed by atoms with Crippen LogP contribution in [-0.4, -0.2) is 10.9 Å². The van der Waals surface area contributed by atoms with Crippen molar-refractivity contribution in [1.82, 2.24) is 0 Å². The third-order valence-electron chi connectivity index (χ3n) is 2.97. The zero-order valence-corrected chi connectivity index (χ0v) is 6.70. The molecule has 0 unspecified atom stereocenters. The summed E-state index contributed by atoms with van der Waals surface area (Å²) in [5.41, 5.74) is 0.904. The van der Waals surface area contributed by atoms with E-state index in [0.29, 0.717) is 11.8 Å². The normalized spacial score (nSPS) is 41.9. The fourth-order valence-corrected chi connectivity index (χ4v) is 2.34. The van der Waals surface area contributed by atoms with Gasteiger partial charge < -0.3 is 5.21 Å². The molecule has 0 aliphatic heterocycles. The minimum atomic E-state index is 0.523. The van der Waals surface area contributed by atoms with Gasteiger partial charge in [0.25, 0.3) is 0 Å². The van der Waals surface area contributed by atoms with Gasteiger partial charge in [0.15, 0.2) is 0 Å². The first-order valence-corrected chi connectivity index (χ1v) is 4.18. The predicted molar refractivity (Wildman–Crippen MR) is 43.7 cm³/mol. The summed E-state index contributed by atoms with van der Waals surface area (Å²) in [5.74, 6) is 1.95. The van der Waals surface area contributed by atoms with Crippen molar-refractivity contribution in [2.45, 2.75) is 19.8 Å². The van der Waals surface area contributed by atoms with Crippen molar-refractivity contribution in [2.24, 2.45) is 22.9 Å². The molecule has 3 atom stereocenters. The molecule has 2 bridgehead atoms. The molecule has 1 fully saturated rings. The molecule has 0 amide bonds. The summed E-state index contributed by atoms with van der Waals surface area (Å²) < 4.78 is 0. The van der Waals surface area contributed by atoms with E-state index >= 15 is 0 Å². The van der Waals surface area contributed by atoms with E-state index in [9.17, 15) is 0 Å². The number of allylic oxidation sites excluding steroid dienone is 2. The van der Waals surface area contributed by atoms with Gasteiger partial charge in [-0.25, -0.2) is 0 Å². The van der Waals surface area contributed by atoms with Gasteiger partial charge in [0, 0.05) is 5.92 Å². The lowest BCUT2D eigenvalue weighted by Crippen LogP contribution is -2.15. The van der Waals surface area contributed by atoms with Crippen LogP contribution >= 0.6 is 0 Å². The molecule has 2 rings (SSSR count). The summed E-state index contributed by atoms with van der Waals surface area (Å²) in [6.07, 6.45) is 7.04. The number of hydrogen-bond donors (Lipinski definition) is 1. The number of hydrogen-bond acceptors (Lipinski definition) is 2. The summed E-state index contributed by atoms with van der Waals surface area (Å²) >= 11 is 0. The number of nitrogens with zero attached hydrogens (tertiary/aromatic N) is 1. The number of fused-ring (bicyclic) bond motifs is 2. The number of oxime groups is 1. The van der Waals surface area contributed by atoms with Crippen LogP contribution in [-0.2, 0) is 0 Å². The van der Waals surface area contributed by atoms with Crippen molar-refractivity contribution in [2.75, 3.05) is 0 Å². The topological polar surface area (TPSA) is 32.6 Å². The van der Waals surface area contributed by atoms with Gasteiger partial charge in [0.1, 0.15) is 0 Å². The molecule has 0 radical (unpaired) electrons. The van der Waals surface area contributed by atoms with Crippen LogP contribution in [0.1, 0.15) is 19.8 Å². The Balaban J connectivity index is 2.14. The molecular weight excluding hydrogens is 138 g/mol. The molecule has 0 aromatic carbocycles. The molecule has 2 aliphatic carbocycles. The largest absolute Gasteiger partial charge is 0.411 e. The van der Waals surface area contributed by atoms with E-state index in [2.05, 4.69) is 17.3 Å². The smallest absolute Gasteiger partial charge is 0.0576 e. The monoisotopic (exact) mass is 151 g/mol. The Hall–Kier alpha value is -0.790. The Morgan fingerprint density at radius 1 is 1.45 bits per heavy atom. The van der Waals surface area contributed by atoms with Crippen LogP contribution in [0.25, 0.3) is 0 Å². The van der Waals surface area contributed by atoms with Gasteiger partial charge in [-0.3, -0.25) is 0 Å². The molecule has 0 aromatic heterocycles. The highest BCUT2D eigenvalue weighted by Crippen LogP contribution is 2.43. The molecule has 60 valence electrons. The maximum Gasteiger partial charge on any atom is 0.0576 e. The second-order valence-corrected chi connectivity index (χ2v) is 3.63. The maximum atomic E-state index is 8.59. The third-order valence-corrected chi connectivity index (χ3v) is 2.97. The second kappa shape index (κ2) is 2.36. The van der Waals surface area contributed by atoms with Gasteiger partial charge in [0.2, 0.25) is 0 Å². The van der Waals surface area contributed by atoms with Gasteiger partial charge >= 0.3 is 0 Å². The summed E-state index contributed by atoms with van der Waals surface area (Å²) in [4.78, 5) is 0. The van der Waals surface area contributed by atoms with E-state index in [-0.39, 0.29) is 0 Å². The summed E-state index contributed by atoms with van der Waals surface area (Å²) in [7, 11) is 0. The highest BCUT2D eigenvalue weighted by molar-refractivity contribution is 5.84. The first kappa shape index (κ1) is 6.89. The van der Waals surface area contributed by atoms with Crippen LogP contribution in [0, 0.1) is 17.8 Å². The van der Waals surface area contributed by atoms with E-state index in [4.69, 9.17) is 5.21 Å². The van der Waals surface area contributed by atoms with Crippen molar-refractivity contribution in [1.29, 1.82) is 0 Å². The fourth-order valence-electron chi connectivity index (χ4n) is 2.34. The molecule has 1 saturated carbocycles. The van der Waals surface area contributed by atoms with Crippen molar-refractivity contribution < 1.29 is 5.21 Å². The highest BCUT2D eigenvalue weighted by Gasteiger charge is 2.37. The Kier molecular flexibility index (Phi) is 1.48. The lowest BCUT2D eigenvalue weighted by atomic mass is 9.90. The third kappa shape index (κ3) is 0.971. The molecule has 2 heteroatoms. The first-order valence-electron chi connectivity index (χ1n) is 4.18. The van der Waals surface area contributed by atoms with E-state index in [0.717, 1.165) is 11.6 Å². The lowest BCUT2D eigenvalue weighted by molar-refractivity contribution is 0.312. The van der Waals surface area contributed by atoms with E-state index < -0.39 is 0 Å². The zero-order chi connectivity index (χ0) is 7.84. The van der Waals surface area contributed by atoms with Crippen LogP contribution in [0.15, 0.2) is 17.3 Å². The average Bonchev–Trinajstić information content (AvgIpc) is 2.62. The molecule has 1 N–H and O–H groups in total. The number of rotatable bonds is 1. The van der Waals surface area contributed by atoms with Gasteiger partial charge in [-0.2, -0.15) is 0 Å². The minimum absolute atomic E-state index is 0.523. The Labute approximate surface area is 66.6 Å². The van der Waals surface area contributed by atoms with Crippen molar-refractivity contribution in [3.8, 4) is 0 Å². The molecule has 0 heterocycles. The summed E-state index contributed by atoms with van der Waals surface area (Å²) in [6.45, 7) is 1.92. The lowest BCUT2D eigenvalue weighted by Gasteiger charge is -2.15. The van der Waals surface area contributed by atoms with E-state index in [1.165, 1.54) is 12.8 Å². The summed E-state index contributed by atoms with van der Waals surface area (Å²) in [6, 6.07) is 0. The van der Waals surface area contributed by atoms with Crippen LogP contribution in [0.4, 0.5) is 0 Å². The van der Waals surface area contributed by atoms with E-state index in [1.54, 1.807) is 0 Å². The quantitative estimate of drug-likeness (QED) is 0.264. The summed E-state index contributed by atoms with van der Waals surface area (Å²) in [5, 5.41) is 11.9. The molecule has 0 spiro atoms. The average molecular weight is 151 g/mol. The molecule has 2 nitrogen and oxygen atoms in total. The van der Waals surface area contributed by atoms with Crippen LogP contribution in [0.2, 0.25) is 0 Å². The molecule has 11 heavy (non-hydrogen) atoms. The highest BCUT2D eigenvalue weighted by atomic mass is 16.4. The molecule has 2 aliphatic rings. The minimum Gasteiger partial charge on any atom is -0.411 e. The van der Waals surface area contributed by atoms with Crippen LogP contribution in [0.3, 0.4) is 0 Å².